The van der Waals surface area contributed by atoms with E-state index in [9.17, 15) is 0 Å². The molecule has 0 saturated carbocycles. The van der Waals surface area contributed by atoms with Crippen LogP contribution >= 0.6 is 11.8 Å². The van der Waals surface area contributed by atoms with Gasteiger partial charge in [-0.05, 0) is 13.8 Å². The second-order valence-corrected chi connectivity index (χ2v) is 4.87. The molecule has 0 aromatic rings. The van der Waals surface area contributed by atoms with E-state index in [2.05, 4.69) is 26.3 Å². The average Bonchev–Trinajstić information content (AvgIpc) is 2.12. The lowest BCUT2D eigenvalue weighted by atomic mass is 10.2. The predicted molar refractivity (Wildman–Crippen MR) is 44.8 cm³/mol. The molecule has 2 unspecified atom stereocenters. The van der Waals surface area contributed by atoms with Crippen LogP contribution in [0.15, 0.2) is 0 Å². The highest BCUT2D eigenvalue weighted by molar-refractivity contribution is 8.01. The molecule has 0 aromatic heterocycles. The van der Waals surface area contributed by atoms with Gasteiger partial charge in [-0.15, -0.1) is 11.8 Å². The Morgan fingerprint density at radius 1 is 1.90 bits per heavy atom. The van der Waals surface area contributed by atoms with Gasteiger partial charge in [0.15, 0.2) is 0 Å². The molecule has 3 heteroatoms. The van der Waals surface area contributed by atoms with Gasteiger partial charge in [0.2, 0.25) is 0 Å². The fourth-order valence-corrected chi connectivity index (χ4v) is 2.51. The van der Waals surface area contributed by atoms with Gasteiger partial charge in [-0.3, -0.25) is 0 Å². The lowest BCUT2D eigenvalue weighted by Crippen LogP contribution is -2.30. The highest BCUT2D eigenvalue weighted by atomic mass is 32.2. The molecule has 1 fully saturated rings. The second-order valence-electron chi connectivity index (χ2n) is 2.94. The van der Waals surface area contributed by atoms with Crippen molar-refractivity contribution in [1.82, 2.24) is 5.32 Å². The van der Waals surface area contributed by atoms with Crippen LogP contribution in [0.3, 0.4) is 0 Å². The molecule has 1 N–H and O–H groups in total. The number of thioether (sulfide) groups is 1. The predicted octanol–water partition coefficient (Wildman–Crippen LogP) is 1.24. The minimum atomic E-state index is 0.237. The normalized spacial score (nSPS) is 40.5. The van der Waals surface area contributed by atoms with Crippen molar-refractivity contribution in [3.05, 3.63) is 7.11 Å². The van der Waals surface area contributed by atoms with Crippen molar-refractivity contribution in [3.63, 3.8) is 0 Å². The molecular weight excluding hydrogens is 146 g/mol. The van der Waals surface area contributed by atoms with Crippen molar-refractivity contribution in [2.45, 2.75) is 24.0 Å². The van der Waals surface area contributed by atoms with E-state index >= 15 is 0 Å². The fourth-order valence-electron chi connectivity index (χ4n) is 1.17. The molecule has 10 heavy (non-hydrogen) atoms. The Bertz CT molecular complexity index is 116. The Balaban J connectivity index is 2.38. The zero-order chi connectivity index (χ0) is 7.61. The molecule has 1 aliphatic heterocycles. The SMILES string of the molecule is [CH2]OCC1(C)CNC(C)S1. The lowest BCUT2D eigenvalue weighted by Gasteiger charge is -2.19. The molecule has 0 spiro atoms. The third-order valence-corrected chi connectivity index (χ3v) is 2.98. The number of ether oxygens (including phenoxy) is 1. The first-order valence-corrected chi connectivity index (χ1v) is 4.32. The summed E-state index contributed by atoms with van der Waals surface area (Å²) in [7, 11) is 3.38. The van der Waals surface area contributed by atoms with Crippen LogP contribution in [-0.2, 0) is 4.74 Å². The summed E-state index contributed by atoms with van der Waals surface area (Å²) in [5, 5.41) is 3.91. The minimum Gasteiger partial charge on any atom is -0.378 e. The quantitative estimate of drug-likeness (QED) is 0.656. The molecule has 1 heterocycles. The highest BCUT2D eigenvalue weighted by Gasteiger charge is 2.33. The van der Waals surface area contributed by atoms with E-state index in [1.54, 1.807) is 0 Å². The van der Waals surface area contributed by atoms with Crippen LogP contribution in [0.2, 0.25) is 0 Å². The molecule has 0 amide bonds. The summed E-state index contributed by atoms with van der Waals surface area (Å²) >= 11 is 1.92. The van der Waals surface area contributed by atoms with Crippen LogP contribution in [0.25, 0.3) is 0 Å². The first-order chi connectivity index (χ1) is 4.66. The molecule has 0 bridgehead atoms. The molecule has 1 rings (SSSR count). The molecule has 59 valence electrons. The Hall–Kier alpha value is 0.270. The molecular formula is C7H14NOS. The molecule has 2 atom stereocenters. The minimum absolute atomic E-state index is 0.237. The zero-order valence-electron chi connectivity index (χ0n) is 6.52. The van der Waals surface area contributed by atoms with Gasteiger partial charge in [0.25, 0.3) is 0 Å². The van der Waals surface area contributed by atoms with E-state index in [-0.39, 0.29) is 4.75 Å². The fraction of sp³-hybridized carbons (Fsp3) is 0.857. The van der Waals surface area contributed by atoms with E-state index in [1.807, 2.05) is 11.8 Å². The number of rotatable bonds is 2. The number of hydrogen-bond donors (Lipinski definition) is 1. The van der Waals surface area contributed by atoms with Gasteiger partial charge < -0.3 is 10.1 Å². The third-order valence-electron chi connectivity index (χ3n) is 1.63. The van der Waals surface area contributed by atoms with Gasteiger partial charge in [-0.25, -0.2) is 0 Å². The summed E-state index contributed by atoms with van der Waals surface area (Å²) in [6.45, 7) is 6.11. The Kier molecular flexibility index (Phi) is 2.61. The van der Waals surface area contributed by atoms with Crippen molar-refractivity contribution in [1.29, 1.82) is 0 Å². The summed E-state index contributed by atoms with van der Waals surface area (Å²) in [5.41, 5.74) is 0. The lowest BCUT2D eigenvalue weighted by molar-refractivity contribution is 0.214. The van der Waals surface area contributed by atoms with Crippen LogP contribution in [0, 0.1) is 7.11 Å². The molecule has 1 radical (unpaired) electrons. The molecule has 2 nitrogen and oxygen atoms in total. The maximum Gasteiger partial charge on any atom is 0.0701 e. The van der Waals surface area contributed by atoms with Crippen molar-refractivity contribution in [2.24, 2.45) is 0 Å². The van der Waals surface area contributed by atoms with Crippen LogP contribution in [0.5, 0.6) is 0 Å². The van der Waals surface area contributed by atoms with Gasteiger partial charge in [-0.2, -0.15) is 0 Å². The topological polar surface area (TPSA) is 21.3 Å². The number of hydrogen-bond acceptors (Lipinski definition) is 3. The highest BCUT2D eigenvalue weighted by Crippen LogP contribution is 2.33. The summed E-state index contributed by atoms with van der Waals surface area (Å²) in [5.74, 6) is 0. The van der Waals surface area contributed by atoms with E-state index in [0.29, 0.717) is 5.37 Å². The van der Waals surface area contributed by atoms with E-state index in [4.69, 9.17) is 4.74 Å². The third kappa shape index (κ3) is 1.87. The summed E-state index contributed by atoms with van der Waals surface area (Å²) in [4.78, 5) is 0. The first-order valence-electron chi connectivity index (χ1n) is 3.44. The monoisotopic (exact) mass is 160 g/mol. The Morgan fingerprint density at radius 2 is 2.60 bits per heavy atom. The standard InChI is InChI=1S/C7H14NOS/c1-6-8-4-7(2,10-6)5-9-3/h6,8H,3-5H2,1-2H3. The maximum absolute atomic E-state index is 4.87. The van der Waals surface area contributed by atoms with Crippen molar-refractivity contribution >= 4 is 11.8 Å². The van der Waals surface area contributed by atoms with E-state index in [1.165, 1.54) is 0 Å². The van der Waals surface area contributed by atoms with E-state index in [0.717, 1.165) is 13.2 Å². The molecule has 1 aliphatic rings. The van der Waals surface area contributed by atoms with Gasteiger partial charge in [0, 0.05) is 6.54 Å². The van der Waals surface area contributed by atoms with Gasteiger partial charge in [-0.1, -0.05) is 0 Å². The summed E-state index contributed by atoms with van der Waals surface area (Å²) < 4.78 is 5.10. The average molecular weight is 160 g/mol. The largest absolute Gasteiger partial charge is 0.378 e. The van der Waals surface area contributed by atoms with Gasteiger partial charge in [0.05, 0.1) is 23.8 Å². The first kappa shape index (κ1) is 8.37. The second kappa shape index (κ2) is 3.11. The molecule has 0 aromatic carbocycles. The molecule has 1 saturated heterocycles. The van der Waals surface area contributed by atoms with Gasteiger partial charge in [0.1, 0.15) is 0 Å². The van der Waals surface area contributed by atoms with Crippen LogP contribution in [0.1, 0.15) is 13.8 Å². The van der Waals surface area contributed by atoms with Crippen molar-refractivity contribution < 1.29 is 4.74 Å². The maximum atomic E-state index is 4.87. The zero-order valence-corrected chi connectivity index (χ0v) is 7.33. The summed E-state index contributed by atoms with van der Waals surface area (Å²) in [6.07, 6.45) is 0. The Labute approximate surface area is 66.7 Å². The van der Waals surface area contributed by atoms with Crippen LogP contribution in [-0.4, -0.2) is 23.3 Å². The van der Waals surface area contributed by atoms with Crippen LogP contribution in [0.4, 0.5) is 0 Å². The van der Waals surface area contributed by atoms with E-state index < -0.39 is 0 Å². The Morgan fingerprint density at radius 3 is 3.00 bits per heavy atom. The smallest absolute Gasteiger partial charge is 0.0701 e. The van der Waals surface area contributed by atoms with Crippen molar-refractivity contribution in [2.75, 3.05) is 13.2 Å². The summed E-state index contributed by atoms with van der Waals surface area (Å²) in [6, 6.07) is 0. The molecule has 0 aliphatic carbocycles. The number of nitrogens with one attached hydrogen (secondary N) is 1. The van der Waals surface area contributed by atoms with Crippen LogP contribution < -0.4 is 5.32 Å². The van der Waals surface area contributed by atoms with Crippen molar-refractivity contribution in [3.8, 4) is 0 Å². The van der Waals surface area contributed by atoms with Gasteiger partial charge >= 0.3 is 0 Å².